The lowest BCUT2D eigenvalue weighted by Crippen LogP contribution is -2.32. The molecule has 0 spiro atoms. The quantitative estimate of drug-likeness (QED) is 0.688. The molecule has 24 heavy (non-hydrogen) atoms. The Morgan fingerprint density at radius 2 is 2.12 bits per heavy atom. The molecule has 3 rings (SSSR count). The van der Waals surface area contributed by atoms with E-state index in [4.69, 9.17) is 4.42 Å². The number of furan rings is 1. The van der Waals surface area contributed by atoms with Crippen molar-refractivity contribution in [2.75, 3.05) is 10.7 Å². The summed E-state index contributed by atoms with van der Waals surface area (Å²) in [5.74, 6) is 0.598. The molecule has 3 aromatic rings. The number of rotatable bonds is 5. The molecule has 0 radical (unpaired) electrons. The molecular weight excluding hydrogens is 344 g/mol. The summed E-state index contributed by atoms with van der Waals surface area (Å²) in [5.41, 5.74) is 1.97. The molecule has 0 aliphatic rings. The first kappa shape index (κ1) is 16.7. The van der Waals surface area contributed by atoms with Crippen molar-refractivity contribution in [1.82, 2.24) is 4.98 Å². The molecule has 5 nitrogen and oxygen atoms in total. The fourth-order valence-electron chi connectivity index (χ4n) is 2.25. The fraction of sp³-hybridized carbons (Fsp3) is 0.235. The number of para-hydroxylation sites is 1. The van der Waals surface area contributed by atoms with Crippen molar-refractivity contribution in [3.63, 3.8) is 0 Å². The Labute approximate surface area is 147 Å². The van der Waals surface area contributed by atoms with Crippen LogP contribution < -0.4 is 4.90 Å². The maximum atomic E-state index is 12.6. The molecular formula is C17H16N2O3S2. The van der Waals surface area contributed by atoms with Crippen molar-refractivity contribution in [2.45, 2.75) is 20.4 Å². The number of hydrogen-bond donors (Lipinski definition) is 0. The van der Waals surface area contributed by atoms with E-state index in [1.807, 2.05) is 31.2 Å². The van der Waals surface area contributed by atoms with E-state index in [9.17, 15) is 9.59 Å². The molecule has 0 aliphatic carbocycles. The minimum atomic E-state index is -0.164. The van der Waals surface area contributed by atoms with E-state index in [0.717, 1.165) is 27.5 Å². The van der Waals surface area contributed by atoms with Crippen molar-refractivity contribution < 1.29 is 14.0 Å². The third-order valence-electron chi connectivity index (χ3n) is 3.43. The number of fused-ring (bicyclic) bond motifs is 1. The molecule has 1 aromatic carbocycles. The van der Waals surface area contributed by atoms with Crippen LogP contribution >= 0.6 is 23.1 Å². The van der Waals surface area contributed by atoms with E-state index in [2.05, 4.69) is 4.98 Å². The van der Waals surface area contributed by atoms with E-state index < -0.39 is 0 Å². The summed E-state index contributed by atoms with van der Waals surface area (Å²) in [6.45, 7) is 3.75. The molecule has 0 aliphatic heterocycles. The maximum absolute atomic E-state index is 12.6. The Kier molecular flexibility index (Phi) is 5.01. The van der Waals surface area contributed by atoms with E-state index >= 15 is 0 Å². The van der Waals surface area contributed by atoms with E-state index in [1.165, 1.54) is 18.3 Å². The average molecular weight is 360 g/mol. The number of amides is 1. The predicted octanol–water partition coefficient (Wildman–Crippen LogP) is 4.01. The second kappa shape index (κ2) is 7.19. The summed E-state index contributed by atoms with van der Waals surface area (Å²) < 4.78 is 6.40. The van der Waals surface area contributed by atoms with E-state index in [0.29, 0.717) is 17.4 Å². The summed E-state index contributed by atoms with van der Waals surface area (Å²) >= 11 is 2.46. The van der Waals surface area contributed by atoms with E-state index in [-0.39, 0.29) is 16.8 Å². The molecule has 2 heterocycles. The first-order valence-electron chi connectivity index (χ1n) is 7.37. The highest BCUT2D eigenvalue weighted by Gasteiger charge is 2.22. The third kappa shape index (κ3) is 3.68. The first-order valence-corrected chi connectivity index (χ1v) is 9.17. The number of thioether (sulfide) groups is 1. The summed E-state index contributed by atoms with van der Waals surface area (Å²) in [6, 6.07) is 9.56. The van der Waals surface area contributed by atoms with Gasteiger partial charge >= 0.3 is 0 Å². The predicted molar refractivity (Wildman–Crippen MR) is 97.4 cm³/mol. The lowest BCUT2D eigenvalue weighted by atomic mass is 10.2. The number of anilines is 1. The Morgan fingerprint density at radius 1 is 1.29 bits per heavy atom. The number of aryl methyl sites for hydroxylation is 1. The molecule has 0 saturated carbocycles. The molecule has 0 N–H and O–H groups in total. The number of carbonyl (C=O) groups excluding carboxylic acids is 2. The zero-order valence-electron chi connectivity index (χ0n) is 13.3. The molecule has 0 bridgehead atoms. The van der Waals surface area contributed by atoms with Gasteiger partial charge in [0.15, 0.2) is 10.2 Å². The minimum Gasteiger partial charge on any atom is -0.467 e. The second-order valence-electron chi connectivity index (χ2n) is 5.26. The molecule has 124 valence electrons. The smallest absolute Gasteiger partial charge is 0.239 e. The minimum absolute atomic E-state index is 0.0820. The van der Waals surface area contributed by atoms with Gasteiger partial charge in [0.05, 0.1) is 28.8 Å². The third-order valence-corrected chi connectivity index (χ3v) is 5.28. The lowest BCUT2D eigenvalue weighted by molar-refractivity contribution is -0.116. The SMILES string of the molecule is CC(=O)SCC(=O)N(Cc1ccco1)c1nc2c(C)cccc2s1. The van der Waals surface area contributed by atoms with Crippen LogP contribution in [-0.2, 0) is 16.1 Å². The Morgan fingerprint density at radius 3 is 2.79 bits per heavy atom. The number of nitrogens with zero attached hydrogens (tertiary/aromatic N) is 2. The van der Waals surface area contributed by atoms with Crippen LogP contribution in [0.5, 0.6) is 0 Å². The van der Waals surface area contributed by atoms with E-state index in [1.54, 1.807) is 17.2 Å². The Hall–Kier alpha value is -2.12. The zero-order valence-corrected chi connectivity index (χ0v) is 14.9. The standard InChI is InChI=1S/C17H16N2O3S2/c1-11-5-3-7-14-16(11)18-17(24-14)19(9-13-6-4-8-22-13)15(21)10-23-12(2)20/h3-8H,9-10H2,1-2H3. The van der Waals surface area contributed by atoms with Crippen molar-refractivity contribution in [2.24, 2.45) is 0 Å². The summed E-state index contributed by atoms with van der Waals surface area (Å²) in [7, 11) is 0. The van der Waals surface area contributed by atoms with Gasteiger partial charge in [-0.2, -0.15) is 0 Å². The van der Waals surface area contributed by atoms with Crippen LogP contribution in [0.25, 0.3) is 10.2 Å². The highest BCUT2D eigenvalue weighted by atomic mass is 32.2. The molecule has 0 fully saturated rings. The molecule has 0 atom stereocenters. The number of hydrogen-bond acceptors (Lipinski definition) is 6. The normalized spacial score (nSPS) is 10.9. The maximum Gasteiger partial charge on any atom is 0.239 e. The number of carbonyl (C=O) groups is 2. The van der Waals surface area contributed by atoms with Crippen LogP contribution in [0.3, 0.4) is 0 Å². The van der Waals surface area contributed by atoms with Crippen LogP contribution in [0.15, 0.2) is 41.0 Å². The van der Waals surface area contributed by atoms with Crippen molar-refractivity contribution in [1.29, 1.82) is 0 Å². The molecule has 1 amide bonds. The van der Waals surface area contributed by atoms with Gasteiger partial charge in [-0.3, -0.25) is 14.5 Å². The second-order valence-corrected chi connectivity index (χ2v) is 7.42. The highest BCUT2D eigenvalue weighted by Crippen LogP contribution is 2.31. The van der Waals surface area contributed by atoms with Gasteiger partial charge in [0.2, 0.25) is 5.91 Å². The average Bonchev–Trinajstić information content (AvgIpc) is 3.20. The van der Waals surface area contributed by atoms with Gasteiger partial charge in [0.1, 0.15) is 5.76 Å². The topological polar surface area (TPSA) is 63.4 Å². The van der Waals surface area contributed by atoms with Gasteiger partial charge in [-0.15, -0.1) is 0 Å². The van der Waals surface area contributed by atoms with Crippen LogP contribution in [0.2, 0.25) is 0 Å². The molecule has 2 aromatic heterocycles. The first-order chi connectivity index (χ1) is 11.5. The summed E-state index contributed by atoms with van der Waals surface area (Å²) in [6.07, 6.45) is 1.57. The monoisotopic (exact) mass is 360 g/mol. The van der Waals surface area contributed by atoms with Gasteiger partial charge < -0.3 is 4.42 Å². The van der Waals surface area contributed by atoms with Crippen molar-refractivity contribution in [3.05, 3.63) is 47.9 Å². The van der Waals surface area contributed by atoms with Gasteiger partial charge in [-0.25, -0.2) is 4.98 Å². The van der Waals surface area contributed by atoms with Crippen molar-refractivity contribution in [3.8, 4) is 0 Å². The zero-order chi connectivity index (χ0) is 17.1. The molecule has 7 heteroatoms. The largest absolute Gasteiger partial charge is 0.467 e. The lowest BCUT2D eigenvalue weighted by Gasteiger charge is -2.18. The van der Waals surface area contributed by atoms with Crippen molar-refractivity contribution >= 4 is 49.5 Å². The van der Waals surface area contributed by atoms with Gasteiger partial charge in [-0.05, 0) is 30.7 Å². The van der Waals surface area contributed by atoms with Gasteiger partial charge in [0, 0.05) is 6.92 Å². The Bertz CT molecular complexity index is 871. The molecule has 0 saturated heterocycles. The summed E-state index contributed by atoms with van der Waals surface area (Å²) in [5, 5.41) is 0.534. The van der Waals surface area contributed by atoms with Gasteiger partial charge in [0.25, 0.3) is 0 Å². The highest BCUT2D eigenvalue weighted by molar-refractivity contribution is 8.14. The van der Waals surface area contributed by atoms with Crippen LogP contribution in [-0.4, -0.2) is 21.8 Å². The van der Waals surface area contributed by atoms with Crippen LogP contribution in [0.1, 0.15) is 18.2 Å². The molecule has 0 unspecified atom stereocenters. The number of thiazole rings is 1. The number of aromatic nitrogens is 1. The Balaban J connectivity index is 1.93. The summed E-state index contributed by atoms with van der Waals surface area (Å²) in [4.78, 5) is 30.0. The van der Waals surface area contributed by atoms with Crippen LogP contribution in [0.4, 0.5) is 5.13 Å². The number of benzene rings is 1. The van der Waals surface area contributed by atoms with Gasteiger partial charge in [-0.1, -0.05) is 35.2 Å². The fourth-order valence-corrected chi connectivity index (χ4v) is 3.79. The van der Waals surface area contributed by atoms with Crippen LogP contribution in [0, 0.1) is 6.92 Å².